The molecule has 0 saturated heterocycles. The molecule has 7 heteroatoms. The lowest BCUT2D eigenvalue weighted by Gasteiger charge is -2.15. The van der Waals surface area contributed by atoms with Crippen molar-refractivity contribution in [2.24, 2.45) is 0 Å². The molecule has 0 aliphatic rings. The first-order valence-electron chi connectivity index (χ1n) is 10.1. The molecule has 0 aromatic heterocycles. The first-order valence-corrected chi connectivity index (χ1v) is 10.9. The van der Waals surface area contributed by atoms with Crippen molar-refractivity contribution in [2.75, 3.05) is 7.11 Å². The summed E-state index contributed by atoms with van der Waals surface area (Å²) in [5, 5.41) is 12.4. The van der Waals surface area contributed by atoms with Gasteiger partial charge >= 0.3 is 0 Å². The van der Waals surface area contributed by atoms with E-state index in [0.29, 0.717) is 27.1 Å². The molecular formula is C26H22BrFN2O3. The van der Waals surface area contributed by atoms with E-state index in [1.165, 1.54) is 19.3 Å². The summed E-state index contributed by atoms with van der Waals surface area (Å²) in [4.78, 5) is 12.7. The number of nitrogens with one attached hydrogen (secondary N) is 1. The molecule has 3 rings (SSSR count). The molecule has 1 N–H and O–H groups in total. The van der Waals surface area contributed by atoms with Crippen LogP contribution in [0.4, 0.5) is 4.39 Å². The summed E-state index contributed by atoms with van der Waals surface area (Å²) in [5.41, 5.74) is 1.86. The van der Waals surface area contributed by atoms with Crippen molar-refractivity contribution in [3.8, 4) is 17.6 Å². The normalized spacial score (nSPS) is 11.9. The lowest BCUT2D eigenvalue weighted by molar-refractivity contribution is -0.117. The van der Waals surface area contributed by atoms with Crippen molar-refractivity contribution < 1.29 is 18.7 Å². The lowest BCUT2D eigenvalue weighted by Crippen LogP contribution is -2.27. The van der Waals surface area contributed by atoms with Gasteiger partial charge in [-0.05, 0) is 58.3 Å². The molecule has 0 aliphatic heterocycles. The number of carbonyl (C=O) groups is 1. The number of benzene rings is 3. The van der Waals surface area contributed by atoms with Gasteiger partial charge in [-0.15, -0.1) is 0 Å². The molecule has 0 spiro atoms. The minimum Gasteiger partial charge on any atom is -0.493 e. The van der Waals surface area contributed by atoms with E-state index in [1.807, 2.05) is 43.3 Å². The Hall–Kier alpha value is -3.63. The van der Waals surface area contributed by atoms with Gasteiger partial charge in [-0.2, -0.15) is 5.26 Å². The standard InChI is InChI=1S/C26H22BrFN2O3/c1-17(19-8-4-3-5-9-19)30-26(31)21(15-29)12-18-13-22(27)25(24(14-18)32-2)33-16-20-10-6-7-11-23(20)28/h3-14,17H,16H2,1-2H3,(H,30,31)/b21-12-/t17-/m0/s1. The molecule has 0 radical (unpaired) electrons. The number of amides is 1. The Bertz CT molecular complexity index is 1210. The van der Waals surface area contributed by atoms with Gasteiger partial charge in [0.2, 0.25) is 0 Å². The lowest BCUT2D eigenvalue weighted by atomic mass is 10.1. The van der Waals surface area contributed by atoms with E-state index in [1.54, 1.807) is 30.3 Å². The molecule has 3 aromatic rings. The van der Waals surface area contributed by atoms with Crippen molar-refractivity contribution in [3.63, 3.8) is 0 Å². The molecule has 3 aromatic carbocycles. The van der Waals surface area contributed by atoms with E-state index >= 15 is 0 Å². The number of methoxy groups -OCH3 is 1. The van der Waals surface area contributed by atoms with Crippen molar-refractivity contribution >= 4 is 27.9 Å². The monoisotopic (exact) mass is 508 g/mol. The summed E-state index contributed by atoms with van der Waals surface area (Å²) in [5.74, 6) is -0.0775. The SMILES string of the molecule is COc1cc(/C=C(/C#N)C(=O)N[C@@H](C)c2ccccc2)cc(Br)c1OCc1ccccc1F. The fourth-order valence-electron chi connectivity index (χ4n) is 3.14. The third kappa shape index (κ3) is 6.21. The first-order chi connectivity index (χ1) is 15.9. The maximum absolute atomic E-state index is 13.9. The molecule has 0 saturated carbocycles. The van der Waals surface area contributed by atoms with E-state index < -0.39 is 5.91 Å². The van der Waals surface area contributed by atoms with Crippen LogP contribution < -0.4 is 14.8 Å². The van der Waals surface area contributed by atoms with Crippen molar-refractivity contribution in [1.82, 2.24) is 5.32 Å². The molecule has 0 aliphatic carbocycles. The topological polar surface area (TPSA) is 71.3 Å². The van der Waals surface area contributed by atoms with Gasteiger partial charge in [0.05, 0.1) is 17.6 Å². The van der Waals surface area contributed by atoms with Crippen LogP contribution in [-0.2, 0) is 11.4 Å². The highest BCUT2D eigenvalue weighted by Crippen LogP contribution is 2.38. The maximum Gasteiger partial charge on any atom is 0.262 e. The Morgan fingerprint density at radius 1 is 1.18 bits per heavy atom. The highest BCUT2D eigenvalue weighted by molar-refractivity contribution is 9.10. The van der Waals surface area contributed by atoms with Crippen LogP contribution in [0.15, 0.2) is 76.8 Å². The Balaban J connectivity index is 1.80. The predicted octanol–water partition coefficient (Wildman–Crippen LogP) is 5.96. The van der Waals surface area contributed by atoms with Crippen LogP contribution in [0.3, 0.4) is 0 Å². The van der Waals surface area contributed by atoms with Crippen LogP contribution in [0.5, 0.6) is 11.5 Å². The second kappa shape index (κ2) is 11.3. The summed E-state index contributed by atoms with van der Waals surface area (Å²) in [6.07, 6.45) is 1.47. The van der Waals surface area contributed by atoms with Gasteiger partial charge in [0.25, 0.3) is 5.91 Å². The molecule has 33 heavy (non-hydrogen) atoms. The number of nitriles is 1. The zero-order chi connectivity index (χ0) is 23.8. The molecule has 0 fully saturated rings. The molecule has 5 nitrogen and oxygen atoms in total. The number of carbonyl (C=O) groups excluding carboxylic acids is 1. The number of ether oxygens (including phenoxy) is 2. The van der Waals surface area contributed by atoms with Gasteiger partial charge in [-0.1, -0.05) is 48.5 Å². The van der Waals surface area contributed by atoms with Gasteiger partial charge in [-0.25, -0.2) is 4.39 Å². The number of rotatable bonds is 8. The minimum atomic E-state index is -0.483. The Kier molecular flexibility index (Phi) is 8.22. The average molecular weight is 509 g/mol. The largest absolute Gasteiger partial charge is 0.493 e. The molecular weight excluding hydrogens is 487 g/mol. The fourth-order valence-corrected chi connectivity index (χ4v) is 3.72. The second-order valence-electron chi connectivity index (χ2n) is 7.19. The average Bonchev–Trinajstić information content (AvgIpc) is 2.82. The number of halogens is 2. The molecule has 0 unspecified atom stereocenters. The smallest absolute Gasteiger partial charge is 0.262 e. The summed E-state index contributed by atoms with van der Waals surface area (Å²) < 4.78 is 25.6. The van der Waals surface area contributed by atoms with Gasteiger partial charge in [0.15, 0.2) is 11.5 Å². The number of nitrogens with zero attached hydrogens (tertiary/aromatic N) is 1. The number of hydrogen-bond acceptors (Lipinski definition) is 4. The summed E-state index contributed by atoms with van der Waals surface area (Å²) in [6, 6.07) is 20.9. The van der Waals surface area contributed by atoms with E-state index in [4.69, 9.17) is 9.47 Å². The summed E-state index contributed by atoms with van der Waals surface area (Å²) >= 11 is 3.44. The van der Waals surface area contributed by atoms with Crippen molar-refractivity contribution in [2.45, 2.75) is 19.6 Å². The van der Waals surface area contributed by atoms with Crippen LogP contribution in [0, 0.1) is 17.1 Å². The molecule has 1 amide bonds. The van der Waals surface area contributed by atoms with Crippen molar-refractivity contribution in [1.29, 1.82) is 5.26 Å². The zero-order valence-electron chi connectivity index (χ0n) is 18.1. The van der Waals surface area contributed by atoms with E-state index in [-0.39, 0.29) is 24.0 Å². The van der Waals surface area contributed by atoms with Crippen LogP contribution in [-0.4, -0.2) is 13.0 Å². The number of hydrogen-bond donors (Lipinski definition) is 1. The van der Waals surface area contributed by atoms with Gasteiger partial charge in [0, 0.05) is 5.56 Å². The van der Waals surface area contributed by atoms with Crippen LogP contribution in [0.2, 0.25) is 0 Å². The van der Waals surface area contributed by atoms with E-state index in [2.05, 4.69) is 21.2 Å². The Morgan fingerprint density at radius 2 is 1.88 bits per heavy atom. The molecule has 168 valence electrons. The third-order valence-electron chi connectivity index (χ3n) is 4.90. The highest BCUT2D eigenvalue weighted by Gasteiger charge is 2.16. The Morgan fingerprint density at radius 3 is 2.55 bits per heavy atom. The second-order valence-corrected chi connectivity index (χ2v) is 8.04. The zero-order valence-corrected chi connectivity index (χ0v) is 19.7. The fraction of sp³-hybridized carbons (Fsp3) is 0.154. The van der Waals surface area contributed by atoms with Gasteiger partial charge in [0.1, 0.15) is 24.1 Å². The Labute approximate surface area is 200 Å². The van der Waals surface area contributed by atoms with Crippen LogP contribution in [0.1, 0.15) is 29.7 Å². The predicted molar refractivity (Wildman–Crippen MR) is 128 cm³/mol. The summed E-state index contributed by atoms with van der Waals surface area (Å²) in [6.45, 7) is 1.86. The van der Waals surface area contributed by atoms with E-state index in [0.717, 1.165) is 5.56 Å². The van der Waals surface area contributed by atoms with Crippen LogP contribution >= 0.6 is 15.9 Å². The van der Waals surface area contributed by atoms with Gasteiger partial charge in [-0.3, -0.25) is 4.79 Å². The first kappa shape index (κ1) is 24.0. The third-order valence-corrected chi connectivity index (χ3v) is 5.49. The molecule has 1 atom stereocenters. The molecule has 0 bridgehead atoms. The summed E-state index contributed by atoms with van der Waals surface area (Å²) in [7, 11) is 1.48. The van der Waals surface area contributed by atoms with Gasteiger partial charge < -0.3 is 14.8 Å². The highest BCUT2D eigenvalue weighted by atomic mass is 79.9. The maximum atomic E-state index is 13.9. The minimum absolute atomic E-state index is 0.0139. The van der Waals surface area contributed by atoms with E-state index in [9.17, 15) is 14.4 Å². The molecule has 0 heterocycles. The quantitative estimate of drug-likeness (QED) is 0.301. The van der Waals surface area contributed by atoms with Crippen molar-refractivity contribution in [3.05, 3.63) is 99.3 Å². The van der Waals surface area contributed by atoms with Crippen LogP contribution in [0.25, 0.3) is 6.08 Å².